The van der Waals surface area contributed by atoms with E-state index in [1.807, 2.05) is 0 Å². The van der Waals surface area contributed by atoms with Crippen molar-refractivity contribution >= 4 is 36.0 Å². The third-order valence-corrected chi connectivity index (χ3v) is 6.13. The van der Waals surface area contributed by atoms with Gasteiger partial charge in [0.05, 0.1) is 28.8 Å². The standard InChI is InChI=1S/C24H23F3N4O4.ClH/c1-14(15(2)29)20(32)35-13-23(17-7-5-4-6-8-17)21(33)31(22(34)30(23)3)18-10-9-16(12-28)19(11-18)24(25,26)27;/h4-11,14-15H,13,29H2,1-3H3;1H/t14?,15-,23?;/m0./s1. The van der Waals surface area contributed by atoms with Crippen LogP contribution in [0.1, 0.15) is 30.5 Å². The average Bonchev–Trinajstić information content (AvgIpc) is 3.02. The Morgan fingerprint density at radius 1 is 1.17 bits per heavy atom. The Morgan fingerprint density at radius 3 is 2.31 bits per heavy atom. The van der Waals surface area contributed by atoms with E-state index < -0.39 is 59.3 Å². The van der Waals surface area contributed by atoms with Gasteiger partial charge in [-0.25, -0.2) is 9.69 Å². The molecule has 1 heterocycles. The lowest BCUT2D eigenvalue weighted by atomic mass is 9.89. The molecular weight excluding hydrogens is 501 g/mol. The summed E-state index contributed by atoms with van der Waals surface area (Å²) >= 11 is 0. The van der Waals surface area contributed by atoms with Crippen molar-refractivity contribution in [1.82, 2.24) is 4.90 Å². The van der Waals surface area contributed by atoms with E-state index in [0.29, 0.717) is 16.5 Å². The molecule has 0 saturated carbocycles. The number of nitrogens with zero attached hydrogens (tertiary/aromatic N) is 3. The number of esters is 1. The zero-order valence-corrected chi connectivity index (χ0v) is 20.4. The summed E-state index contributed by atoms with van der Waals surface area (Å²) < 4.78 is 46.0. The predicted octanol–water partition coefficient (Wildman–Crippen LogP) is 3.82. The van der Waals surface area contributed by atoms with Crippen molar-refractivity contribution in [3.8, 4) is 6.07 Å². The summed E-state index contributed by atoms with van der Waals surface area (Å²) in [5.41, 5.74) is 1.92. The molecule has 3 amide bonds. The van der Waals surface area contributed by atoms with Gasteiger partial charge in [0.25, 0.3) is 5.91 Å². The smallest absolute Gasteiger partial charge is 0.417 e. The van der Waals surface area contributed by atoms with Crippen molar-refractivity contribution < 1.29 is 32.3 Å². The van der Waals surface area contributed by atoms with Gasteiger partial charge in [0, 0.05) is 13.1 Å². The molecule has 192 valence electrons. The van der Waals surface area contributed by atoms with Gasteiger partial charge in [0.15, 0.2) is 5.54 Å². The van der Waals surface area contributed by atoms with Crippen molar-refractivity contribution in [3.05, 3.63) is 65.2 Å². The maximum absolute atomic E-state index is 13.8. The van der Waals surface area contributed by atoms with Crippen molar-refractivity contribution in [3.63, 3.8) is 0 Å². The monoisotopic (exact) mass is 524 g/mol. The van der Waals surface area contributed by atoms with Gasteiger partial charge >= 0.3 is 18.2 Å². The number of hydrogen-bond acceptors (Lipinski definition) is 6. The lowest BCUT2D eigenvalue weighted by molar-refractivity contribution is -0.153. The number of likely N-dealkylation sites (N-methyl/N-ethyl adjacent to an activating group) is 1. The quantitative estimate of drug-likeness (QED) is 0.453. The van der Waals surface area contributed by atoms with Gasteiger partial charge in [0.2, 0.25) is 0 Å². The van der Waals surface area contributed by atoms with Crippen LogP contribution in [0, 0.1) is 17.2 Å². The van der Waals surface area contributed by atoms with Crippen LogP contribution in [0.25, 0.3) is 0 Å². The van der Waals surface area contributed by atoms with Crippen LogP contribution >= 0.6 is 12.4 Å². The number of nitrogens with two attached hydrogens (primary N) is 1. The molecule has 1 aliphatic rings. The average molecular weight is 525 g/mol. The molecule has 2 N–H and O–H groups in total. The number of hydrogen-bond donors (Lipinski definition) is 1. The molecule has 0 bridgehead atoms. The highest BCUT2D eigenvalue weighted by atomic mass is 35.5. The van der Waals surface area contributed by atoms with Crippen molar-refractivity contribution in [2.75, 3.05) is 18.6 Å². The molecule has 12 heteroatoms. The van der Waals surface area contributed by atoms with Crippen molar-refractivity contribution in [2.24, 2.45) is 11.7 Å². The maximum atomic E-state index is 13.8. The first-order chi connectivity index (χ1) is 16.4. The number of amides is 3. The Hall–Kier alpha value is -3.62. The van der Waals surface area contributed by atoms with Crippen LogP contribution in [0.2, 0.25) is 0 Å². The van der Waals surface area contributed by atoms with E-state index in [0.717, 1.165) is 17.0 Å². The van der Waals surface area contributed by atoms with Gasteiger partial charge in [-0.3, -0.25) is 9.59 Å². The number of benzene rings is 2. The maximum Gasteiger partial charge on any atom is 0.417 e. The summed E-state index contributed by atoms with van der Waals surface area (Å²) in [5.74, 6) is -2.31. The zero-order chi connectivity index (χ0) is 26.1. The number of nitriles is 1. The van der Waals surface area contributed by atoms with Crippen LogP contribution in [-0.4, -0.2) is 42.5 Å². The molecule has 0 radical (unpaired) electrons. The largest absolute Gasteiger partial charge is 0.462 e. The third kappa shape index (κ3) is 4.87. The van der Waals surface area contributed by atoms with Crippen molar-refractivity contribution in [1.29, 1.82) is 5.26 Å². The summed E-state index contributed by atoms with van der Waals surface area (Å²) in [6.07, 6.45) is -4.89. The minimum Gasteiger partial charge on any atom is -0.462 e. The minimum absolute atomic E-state index is 0. The molecule has 3 rings (SSSR count). The number of urea groups is 1. The Morgan fingerprint density at radius 2 is 1.78 bits per heavy atom. The molecule has 0 spiro atoms. The first-order valence-corrected chi connectivity index (χ1v) is 10.6. The van der Waals surface area contributed by atoms with Crippen LogP contribution < -0.4 is 10.6 Å². The van der Waals surface area contributed by atoms with Crippen molar-refractivity contribution in [2.45, 2.75) is 31.6 Å². The number of carbonyl (C=O) groups is 3. The number of ether oxygens (including phenoxy) is 1. The van der Waals surface area contributed by atoms with Crippen LogP contribution in [0.3, 0.4) is 0 Å². The van der Waals surface area contributed by atoms with E-state index in [9.17, 15) is 27.6 Å². The topological polar surface area (TPSA) is 117 Å². The SMILES string of the molecule is CC(C(=O)OCC1(c2ccccc2)C(=O)N(c2ccc(C#N)c(C(F)(F)F)c2)C(=O)N1C)[C@H](C)N.Cl. The van der Waals surface area contributed by atoms with E-state index in [-0.39, 0.29) is 18.1 Å². The molecule has 1 fully saturated rings. The highest BCUT2D eigenvalue weighted by Gasteiger charge is 2.58. The number of anilines is 1. The first kappa shape index (κ1) is 28.6. The minimum atomic E-state index is -4.89. The lowest BCUT2D eigenvalue weighted by Gasteiger charge is -2.33. The molecular formula is C24H24ClF3N4O4. The zero-order valence-electron chi connectivity index (χ0n) is 19.6. The number of imide groups is 1. The predicted molar refractivity (Wildman–Crippen MR) is 126 cm³/mol. The van der Waals surface area contributed by atoms with Crippen LogP contribution in [-0.2, 0) is 26.0 Å². The highest BCUT2D eigenvalue weighted by Crippen LogP contribution is 2.41. The lowest BCUT2D eigenvalue weighted by Crippen LogP contribution is -2.50. The van der Waals surface area contributed by atoms with Gasteiger partial charge in [0.1, 0.15) is 6.61 Å². The normalized spacial score (nSPS) is 19.4. The van der Waals surface area contributed by atoms with E-state index in [2.05, 4.69) is 0 Å². The Labute approximate surface area is 211 Å². The molecule has 3 atom stereocenters. The number of rotatable bonds is 6. The number of halogens is 4. The highest BCUT2D eigenvalue weighted by molar-refractivity contribution is 6.23. The summed E-state index contributed by atoms with van der Waals surface area (Å²) in [7, 11) is 1.30. The van der Waals surface area contributed by atoms with Gasteiger partial charge < -0.3 is 15.4 Å². The number of alkyl halides is 3. The molecule has 2 aromatic rings. The summed E-state index contributed by atoms with van der Waals surface area (Å²) in [4.78, 5) is 41.1. The Kier molecular flexibility index (Phi) is 8.39. The fraction of sp³-hybridized carbons (Fsp3) is 0.333. The van der Waals surface area contributed by atoms with Crippen LogP contribution in [0.5, 0.6) is 0 Å². The van der Waals surface area contributed by atoms with E-state index in [4.69, 9.17) is 15.7 Å². The first-order valence-electron chi connectivity index (χ1n) is 10.6. The third-order valence-electron chi connectivity index (χ3n) is 6.13. The molecule has 36 heavy (non-hydrogen) atoms. The molecule has 1 aliphatic heterocycles. The Bertz CT molecular complexity index is 1200. The second-order valence-electron chi connectivity index (χ2n) is 8.30. The van der Waals surface area contributed by atoms with Gasteiger partial charge in [-0.2, -0.15) is 18.4 Å². The molecule has 0 aliphatic carbocycles. The molecule has 8 nitrogen and oxygen atoms in total. The van der Waals surface area contributed by atoms with E-state index >= 15 is 0 Å². The summed E-state index contributed by atoms with van der Waals surface area (Å²) in [5, 5.41) is 9.06. The molecule has 0 aromatic heterocycles. The Balaban J connectivity index is 0.00000456. The molecule has 1 saturated heterocycles. The molecule has 2 unspecified atom stereocenters. The van der Waals surface area contributed by atoms with Gasteiger partial charge in [-0.05, 0) is 30.7 Å². The van der Waals surface area contributed by atoms with E-state index in [1.54, 1.807) is 44.2 Å². The second-order valence-corrected chi connectivity index (χ2v) is 8.30. The molecule has 2 aromatic carbocycles. The van der Waals surface area contributed by atoms with Crippen LogP contribution in [0.15, 0.2) is 48.5 Å². The summed E-state index contributed by atoms with van der Waals surface area (Å²) in [6.45, 7) is 2.59. The fourth-order valence-corrected chi connectivity index (χ4v) is 3.75. The van der Waals surface area contributed by atoms with Gasteiger partial charge in [-0.15, -0.1) is 12.4 Å². The van der Waals surface area contributed by atoms with Crippen LogP contribution in [0.4, 0.5) is 23.7 Å². The van der Waals surface area contributed by atoms with Gasteiger partial charge in [-0.1, -0.05) is 37.3 Å². The second kappa shape index (κ2) is 10.6. The van der Waals surface area contributed by atoms with E-state index in [1.165, 1.54) is 13.1 Å². The number of carbonyl (C=O) groups excluding carboxylic acids is 3. The fourth-order valence-electron chi connectivity index (χ4n) is 3.75. The summed E-state index contributed by atoms with van der Waals surface area (Å²) in [6, 6.07) is 10.6.